The maximum Gasteiger partial charge on any atom is 0.279 e. The van der Waals surface area contributed by atoms with Crippen LogP contribution in [0.3, 0.4) is 0 Å². The molecule has 0 amide bonds. The Balaban J connectivity index is 2.08. The van der Waals surface area contributed by atoms with Gasteiger partial charge in [-0.2, -0.15) is 4.68 Å². The summed E-state index contributed by atoms with van der Waals surface area (Å²) in [4.78, 5) is 17.8. The van der Waals surface area contributed by atoms with Gasteiger partial charge in [0.2, 0.25) is 0 Å². The van der Waals surface area contributed by atoms with Crippen LogP contribution in [-0.2, 0) is 22.6 Å². The lowest BCUT2D eigenvalue weighted by Crippen LogP contribution is -2.26. The van der Waals surface area contributed by atoms with Gasteiger partial charge in [-0.3, -0.25) is 9.20 Å². The van der Waals surface area contributed by atoms with Crippen molar-refractivity contribution < 1.29 is 9.47 Å². The van der Waals surface area contributed by atoms with E-state index in [9.17, 15) is 4.79 Å². The van der Waals surface area contributed by atoms with Crippen LogP contribution in [0.25, 0.3) is 22.4 Å². The van der Waals surface area contributed by atoms with Crippen LogP contribution in [0.2, 0.25) is 5.02 Å². The van der Waals surface area contributed by atoms with Crippen LogP contribution < -0.4 is 5.56 Å². The molecule has 10 heteroatoms. The van der Waals surface area contributed by atoms with Gasteiger partial charge in [-0.25, -0.2) is 4.98 Å². The van der Waals surface area contributed by atoms with E-state index in [0.29, 0.717) is 47.3 Å². The number of methoxy groups -OCH3 is 2. The van der Waals surface area contributed by atoms with Gasteiger partial charge in [-0.05, 0) is 12.1 Å². The third-order valence-corrected chi connectivity index (χ3v) is 4.63. The zero-order valence-electron chi connectivity index (χ0n) is 14.8. The summed E-state index contributed by atoms with van der Waals surface area (Å²) in [6, 6.07) is 5.48. The van der Waals surface area contributed by atoms with Gasteiger partial charge >= 0.3 is 0 Å². The third-order valence-electron chi connectivity index (χ3n) is 4.32. The molecule has 3 heterocycles. The fourth-order valence-electron chi connectivity index (χ4n) is 3.15. The topological polar surface area (TPSA) is 88.5 Å². The van der Waals surface area contributed by atoms with Crippen LogP contribution in [0.15, 0.2) is 35.5 Å². The number of benzene rings is 1. The molecule has 0 aliphatic heterocycles. The highest BCUT2D eigenvalue weighted by Crippen LogP contribution is 2.25. The average Bonchev–Trinajstić information content (AvgIpc) is 3.29. The van der Waals surface area contributed by atoms with Crippen molar-refractivity contribution in [1.29, 1.82) is 0 Å². The molecule has 0 spiro atoms. The van der Waals surface area contributed by atoms with Crippen LogP contribution >= 0.6 is 11.6 Å². The molecule has 27 heavy (non-hydrogen) atoms. The number of fused-ring (bicyclic) bond motifs is 3. The van der Waals surface area contributed by atoms with E-state index in [1.54, 1.807) is 41.8 Å². The zero-order chi connectivity index (χ0) is 19.0. The highest BCUT2D eigenvalue weighted by molar-refractivity contribution is 6.35. The van der Waals surface area contributed by atoms with Gasteiger partial charge < -0.3 is 14.0 Å². The molecule has 0 N–H and O–H groups in total. The van der Waals surface area contributed by atoms with Crippen LogP contribution in [0.4, 0.5) is 0 Å². The fraction of sp³-hybridized carbons (Fsp3) is 0.294. The molecule has 4 aromatic rings. The maximum absolute atomic E-state index is 13.3. The molecule has 3 aromatic heterocycles. The molecule has 4 rings (SSSR count). The number of hydrogen-bond donors (Lipinski definition) is 0. The van der Waals surface area contributed by atoms with Gasteiger partial charge in [-0.1, -0.05) is 22.9 Å². The van der Waals surface area contributed by atoms with Crippen molar-refractivity contribution >= 4 is 28.2 Å². The Morgan fingerprint density at radius 2 is 2.04 bits per heavy atom. The quantitative estimate of drug-likeness (QED) is 0.499. The number of hydrogen-bond acceptors (Lipinski definition) is 6. The van der Waals surface area contributed by atoms with E-state index in [-0.39, 0.29) is 5.56 Å². The smallest absolute Gasteiger partial charge is 0.279 e. The van der Waals surface area contributed by atoms with Crippen LogP contribution in [-0.4, -0.2) is 49.8 Å². The minimum atomic E-state index is -0.237. The van der Waals surface area contributed by atoms with Gasteiger partial charge in [0.1, 0.15) is 6.33 Å². The summed E-state index contributed by atoms with van der Waals surface area (Å²) in [5.41, 5.74) is 2.23. The molecule has 0 aliphatic rings. The molecule has 0 saturated heterocycles. The monoisotopic (exact) mass is 388 g/mol. The first-order valence-electron chi connectivity index (χ1n) is 8.23. The van der Waals surface area contributed by atoms with Crippen LogP contribution in [0, 0.1) is 0 Å². The van der Waals surface area contributed by atoms with Crippen molar-refractivity contribution in [1.82, 2.24) is 28.9 Å². The highest BCUT2D eigenvalue weighted by Gasteiger charge is 2.20. The molecule has 0 fully saturated rings. The Bertz CT molecular complexity index is 1180. The Kier molecular flexibility index (Phi) is 4.65. The second-order valence-electron chi connectivity index (χ2n) is 5.91. The molecule has 0 radical (unpaired) electrons. The molecule has 9 nitrogen and oxygen atoms in total. The van der Waals surface area contributed by atoms with Gasteiger partial charge in [0.25, 0.3) is 5.56 Å². The van der Waals surface area contributed by atoms with Gasteiger partial charge in [0.05, 0.1) is 41.2 Å². The lowest BCUT2D eigenvalue weighted by molar-refractivity contribution is 0.179. The molecule has 0 bridgehead atoms. The molecule has 1 aromatic carbocycles. The molecule has 0 aliphatic carbocycles. The summed E-state index contributed by atoms with van der Waals surface area (Å²) in [6.07, 6.45) is 3.17. The summed E-state index contributed by atoms with van der Waals surface area (Å²) < 4.78 is 15.2. The van der Waals surface area contributed by atoms with Crippen molar-refractivity contribution in [2.45, 2.75) is 13.2 Å². The summed E-state index contributed by atoms with van der Waals surface area (Å²) in [5, 5.41) is 8.47. The number of aromatic nitrogens is 6. The number of imidazole rings is 1. The molecular weight excluding hydrogens is 372 g/mol. The van der Waals surface area contributed by atoms with Crippen molar-refractivity contribution in [3.8, 4) is 5.82 Å². The summed E-state index contributed by atoms with van der Waals surface area (Å²) >= 11 is 6.41. The van der Waals surface area contributed by atoms with Crippen LogP contribution in [0.1, 0.15) is 5.69 Å². The van der Waals surface area contributed by atoms with Crippen molar-refractivity contribution in [3.05, 3.63) is 51.8 Å². The molecule has 0 unspecified atom stereocenters. The van der Waals surface area contributed by atoms with E-state index >= 15 is 0 Å². The van der Waals surface area contributed by atoms with Gasteiger partial charge in [0.15, 0.2) is 11.3 Å². The first-order chi connectivity index (χ1) is 13.2. The summed E-state index contributed by atoms with van der Waals surface area (Å²) in [6.45, 7) is 1.03. The van der Waals surface area contributed by atoms with Gasteiger partial charge in [0, 0.05) is 20.8 Å². The van der Waals surface area contributed by atoms with Crippen molar-refractivity contribution in [3.63, 3.8) is 0 Å². The second kappa shape index (κ2) is 7.10. The molecule has 0 saturated carbocycles. The largest absolute Gasteiger partial charge is 0.383 e. The van der Waals surface area contributed by atoms with Crippen molar-refractivity contribution in [2.75, 3.05) is 20.8 Å². The predicted molar refractivity (Wildman–Crippen MR) is 99.5 cm³/mol. The van der Waals surface area contributed by atoms with E-state index < -0.39 is 0 Å². The van der Waals surface area contributed by atoms with E-state index in [1.807, 2.05) is 12.1 Å². The normalized spacial score (nSPS) is 11.7. The maximum atomic E-state index is 13.3. The van der Waals surface area contributed by atoms with Crippen LogP contribution in [0.5, 0.6) is 0 Å². The zero-order valence-corrected chi connectivity index (χ0v) is 15.5. The Hall–Kier alpha value is -2.75. The molecular formula is C17H17ClN6O3. The fourth-order valence-corrected chi connectivity index (χ4v) is 3.42. The third kappa shape index (κ3) is 2.80. The van der Waals surface area contributed by atoms with Crippen molar-refractivity contribution in [2.24, 2.45) is 0 Å². The Morgan fingerprint density at radius 3 is 2.81 bits per heavy atom. The Labute approximate surface area is 158 Å². The lowest BCUT2D eigenvalue weighted by Gasteiger charge is -2.13. The molecule has 0 atom stereocenters. The number of nitrogens with zero attached hydrogens (tertiary/aromatic N) is 6. The van der Waals surface area contributed by atoms with E-state index in [4.69, 9.17) is 21.1 Å². The standard InChI is InChI=1S/C17H17ClN6O3/c1-26-7-6-22-14-12(18)4-3-5-13(14)23-10-19-16(15(23)17(22)25)24-11(9-27-2)8-20-21-24/h3-5,8,10H,6-7,9H2,1-2H3. The number of rotatable bonds is 6. The van der Waals surface area contributed by atoms with Gasteiger partial charge in [-0.15, -0.1) is 5.10 Å². The summed E-state index contributed by atoms with van der Waals surface area (Å²) in [5.74, 6) is 0.387. The number of para-hydroxylation sites is 1. The molecule has 140 valence electrons. The van der Waals surface area contributed by atoms with E-state index in [1.165, 1.54) is 4.68 Å². The highest BCUT2D eigenvalue weighted by atomic mass is 35.5. The minimum Gasteiger partial charge on any atom is -0.383 e. The first-order valence-corrected chi connectivity index (χ1v) is 8.61. The number of halogens is 1. The minimum absolute atomic E-state index is 0.237. The first kappa shape index (κ1) is 17.7. The summed E-state index contributed by atoms with van der Waals surface area (Å²) in [7, 11) is 3.17. The SMILES string of the molecule is COCCn1c(=O)c2c(-n3nncc3COC)ncn2c2cccc(Cl)c21. The second-order valence-corrected chi connectivity index (χ2v) is 6.32. The predicted octanol–water partition coefficient (Wildman–Crippen LogP) is 1.68. The van der Waals surface area contributed by atoms with E-state index in [2.05, 4.69) is 15.3 Å². The lowest BCUT2D eigenvalue weighted by atomic mass is 10.2. The van der Waals surface area contributed by atoms with E-state index in [0.717, 1.165) is 5.52 Å². The number of ether oxygens (including phenoxy) is 2. The Morgan fingerprint density at radius 1 is 1.19 bits per heavy atom. The average molecular weight is 389 g/mol.